The molecule has 0 aliphatic heterocycles. The fourth-order valence-electron chi connectivity index (χ4n) is 8.17. The van der Waals surface area contributed by atoms with Gasteiger partial charge in [-0.05, 0) is 97.7 Å². The van der Waals surface area contributed by atoms with Crippen molar-refractivity contribution in [1.29, 1.82) is 0 Å². The van der Waals surface area contributed by atoms with Gasteiger partial charge in [0.2, 0.25) is 0 Å². The van der Waals surface area contributed by atoms with Crippen molar-refractivity contribution >= 4 is 0 Å². The highest BCUT2D eigenvalue weighted by atomic mass is 16.3. The first kappa shape index (κ1) is 22.4. The lowest BCUT2D eigenvalue weighted by atomic mass is 9.50. The largest absolute Gasteiger partial charge is 0.393 e. The number of hydrogen-bond acceptors (Lipinski definition) is 1. The highest BCUT2D eigenvalue weighted by Crippen LogP contribution is 2.66. The monoisotopic (exact) mass is 410 g/mol. The molecule has 1 nitrogen and oxygen atoms in total. The fourth-order valence-corrected chi connectivity index (χ4v) is 8.17. The molecule has 4 aliphatic rings. The van der Waals surface area contributed by atoms with E-state index in [1.54, 1.807) is 5.57 Å². The maximum Gasteiger partial charge on any atom is 0.0578 e. The second-order valence-electron chi connectivity index (χ2n) is 12.1. The zero-order valence-corrected chi connectivity index (χ0v) is 20.5. The van der Waals surface area contributed by atoms with Crippen LogP contribution in [0.1, 0.15) is 92.9 Å². The summed E-state index contributed by atoms with van der Waals surface area (Å²) in [7, 11) is 0. The van der Waals surface area contributed by atoms with Gasteiger partial charge in [-0.25, -0.2) is 0 Å². The molecular formula is C29H46O. The molecule has 0 radical (unpaired) electrons. The summed E-state index contributed by atoms with van der Waals surface area (Å²) >= 11 is 0. The van der Waals surface area contributed by atoms with E-state index in [9.17, 15) is 5.11 Å². The minimum absolute atomic E-state index is 0.116. The number of aliphatic hydroxyl groups excluding tert-OH is 1. The molecule has 4 rings (SSSR count). The van der Waals surface area contributed by atoms with Crippen molar-refractivity contribution in [1.82, 2.24) is 0 Å². The van der Waals surface area contributed by atoms with Gasteiger partial charge in [0.05, 0.1) is 6.10 Å². The number of allylic oxidation sites excluding steroid dienone is 5. The Morgan fingerprint density at radius 1 is 1.00 bits per heavy atom. The predicted molar refractivity (Wildman–Crippen MR) is 128 cm³/mol. The van der Waals surface area contributed by atoms with Crippen LogP contribution in [0.15, 0.2) is 35.5 Å². The first-order valence-corrected chi connectivity index (χ1v) is 13.0. The second kappa shape index (κ2) is 8.27. The summed E-state index contributed by atoms with van der Waals surface area (Å²) in [6.07, 6.45) is 19.7. The van der Waals surface area contributed by atoms with E-state index in [4.69, 9.17) is 0 Å². The summed E-state index contributed by atoms with van der Waals surface area (Å²) in [5.74, 6) is 4.45. The van der Waals surface area contributed by atoms with Gasteiger partial charge >= 0.3 is 0 Å². The molecule has 1 heteroatoms. The number of hydrogen-bond donors (Lipinski definition) is 1. The lowest BCUT2D eigenvalue weighted by Gasteiger charge is -2.55. The van der Waals surface area contributed by atoms with E-state index in [1.807, 2.05) is 0 Å². The fraction of sp³-hybridized carbons (Fsp3) is 0.793. The average Bonchev–Trinajstić information content (AvgIpc) is 3.06. The van der Waals surface area contributed by atoms with E-state index >= 15 is 0 Å². The molecule has 0 saturated heterocycles. The van der Waals surface area contributed by atoms with Gasteiger partial charge in [0.15, 0.2) is 0 Å². The molecule has 0 amide bonds. The molecule has 1 N–H and O–H groups in total. The summed E-state index contributed by atoms with van der Waals surface area (Å²) in [5.41, 5.74) is 4.07. The highest BCUT2D eigenvalue weighted by Gasteiger charge is 2.56. The molecule has 168 valence electrons. The molecule has 0 aromatic carbocycles. The molecule has 8 atom stereocenters. The molecule has 4 aliphatic carbocycles. The van der Waals surface area contributed by atoms with Gasteiger partial charge in [-0.2, -0.15) is 0 Å². The van der Waals surface area contributed by atoms with E-state index in [-0.39, 0.29) is 6.10 Å². The molecule has 0 heterocycles. The maximum absolute atomic E-state index is 10.2. The van der Waals surface area contributed by atoms with Crippen LogP contribution in [0.2, 0.25) is 0 Å². The smallest absolute Gasteiger partial charge is 0.0578 e. The quantitative estimate of drug-likeness (QED) is 0.460. The van der Waals surface area contributed by atoms with Crippen LogP contribution < -0.4 is 0 Å². The lowest BCUT2D eigenvalue weighted by molar-refractivity contribution is 0.0382. The highest BCUT2D eigenvalue weighted by molar-refractivity contribution is 5.39. The number of rotatable bonds is 5. The normalized spacial score (nSPS) is 42.9. The van der Waals surface area contributed by atoms with E-state index in [2.05, 4.69) is 65.8 Å². The van der Waals surface area contributed by atoms with E-state index < -0.39 is 0 Å². The Bertz CT molecular complexity index is 727. The lowest BCUT2D eigenvalue weighted by Crippen LogP contribution is -2.46. The van der Waals surface area contributed by atoms with E-state index in [0.29, 0.717) is 16.7 Å². The van der Waals surface area contributed by atoms with Gasteiger partial charge in [-0.15, -0.1) is 0 Å². The van der Waals surface area contributed by atoms with Crippen LogP contribution >= 0.6 is 0 Å². The summed E-state index contributed by atoms with van der Waals surface area (Å²) < 4.78 is 0. The standard InChI is InChI=1S/C29H46O/c1-7-21(19(2)3)9-8-20(4)25-12-13-26-24-11-10-22-18-23(30)14-16-28(22,5)27(24)15-17-29(25,26)6/h8-11,19-21,23,25-27,30H,7,12-18H2,1-6H3/b9-8+/t20-,21-,23+,25-,26+,27?,28+,29-/m1/s1. The number of aliphatic hydroxyl groups is 1. The van der Waals surface area contributed by atoms with Gasteiger partial charge in [0, 0.05) is 0 Å². The summed E-state index contributed by atoms with van der Waals surface area (Å²) in [6, 6.07) is 0. The van der Waals surface area contributed by atoms with Crippen LogP contribution in [0.25, 0.3) is 0 Å². The topological polar surface area (TPSA) is 20.2 Å². The molecule has 0 bridgehead atoms. The molecule has 3 fully saturated rings. The van der Waals surface area contributed by atoms with Crippen molar-refractivity contribution < 1.29 is 5.11 Å². The molecular weight excluding hydrogens is 364 g/mol. The van der Waals surface area contributed by atoms with Gasteiger partial charge in [-0.1, -0.05) is 77.0 Å². The zero-order valence-electron chi connectivity index (χ0n) is 20.5. The first-order valence-electron chi connectivity index (χ1n) is 13.0. The van der Waals surface area contributed by atoms with Crippen LogP contribution in [-0.2, 0) is 0 Å². The summed E-state index contributed by atoms with van der Waals surface area (Å²) in [4.78, 5) is 0. The van der Waals surface area contributed by atoms with Gasteiger partial charge in [0.25, 0.3) is 0 Å². The van der Waals surface area contributed by atoms with Crippen molar-refractivity contribution in [3.8, 4) is 0 Å². The van der Waals surface area contributed by atoms with Crippen molar-refractivity contribution in [2.75, 3.05) is 0 Å². The predicted octanol–water partition coefficient (Wildman–Crippen LogP) is 7.72. The molecule has 30 heavy (non-hydrogen) atoms. The van der Waals surface area contributed by atoms with Crippen molar-refractivity contribution in [3.63, 3.8) is 0 Å². The van der Waals surface area contributed by atoms with Crippen LogP contribution in [0, 0.1) is 46.3 Å². The minimum atomic E-state index is -0.116. The molecule has 0 aromatic heterocycles. The molecule has 0 spiro atoms. The van der Waals surface area contributed by atoms with E-state index in [1.165, 1.54) is 44.1 Å². The zero-order chi connectivity index (χ0) is 21.7. The Morgan fingerprint density at radius 2 is 1.77 bits per heavy atom. The summed E-state index contributed by atoms with van der Waals surface area (Å²) in [6.45, 7) is 14.7. The maximum atomic E-state index is 10.2. The third-order valence-electron chi connectivity index (χ3n) is 10.2. The SMILES string of the molecule is CC[C@H](/C=C/[C@@H](C)[C@H]1CC[C@H]2C3=CC=C4C[C@@H](O)CC[C@]4(C)C3CC[C@]12C)C(C)C. The van der Waals surface area contributed by atoms with Gasteiger partial charge in [0.1, 0.15) is 0 Å². The third kappa shape index (κ3) is 3.58. The van der Waals surface area contributed by atoms with Crippen LogP contribution in [0.3, 0.4) is 0 Å². The Hall–Kier alpha value is -0.820. The van der Waals surface area contributed by atoms with Gasteiger partial charge < -0.3 is 5.11 Å². The average molecular weight is 411 g/mol. The summed E-state index contributed by atoms with van der Waals surface area (Å²) in [5, 5.41) is 10.2. The first-order chi connectivity index (χ1) is 14.2. The van der Waals surface area contributed by atoms with Gasteiger partial charge in [-0.3, -0.25) is 0 Å². The minimum Gasteiger partial charge on any atom is -0.393 e. The van der Waals surface area contributed by atoms with E-state index in [0.717, 1.165) is 42.4 Å². The third-order valence-corrected chi connectivity index (χ3v) is 10.2. The Morgan fingerprint density at radius 3 is 2.47 bits per heavy atom. The van der Waals surface area contributed by atoms with Crippen LogP contribution in [-0.4, -0.2) is 11.2 Å². The Labute approximate surface area is 186 Å². The van der Waals surface area contributed by atoms with Crippen molar-refractivity contribution in [2.45, 2.75) is 99.0 Å². The molecule has 3 saturated carbocycles. The second-order valence-corrected chi connectivity index (χ2v) is 12.1. The number of fused-ring (bicyclic) bond motifs is 5. The van der Waals surface area contributed by atoms with Crippen LogP contribution in [0.4, 0.5) is 0 Å². The van der Waals surface area contributed by atoms with Crippen LogP contribution in [0.5, 0.6) is 0 Å². The molecule has 1 unspecified atom stereocenters. The van der Waals surface area contributed by atoms with Crippen molar-refractivity contribution in [3.05, 3.63) is 35.5 Å². The molecule has 0 aromatic rings. The Balaban J connectivity index is 1.56. The Kier molecular flexibility index (Phi) is 6.17. The van der Waals surface area contributed by atoms with Crippen molar-refractivity contribution in [2.24, 2.45) is 46.3 Å².